The van der Waals surface area contributed by atoms with Crippen LogP contribution in [-0.2, 0) is 35.1 Å². The molecule has 2 heteroatoms. The monoisotopic (exact) mass is 420 g/mol. The number of rotatable bonds is 7. The van der Waals surface area contributed by atoms with E-state index in [0.29, 0.717) is 12.8 Å². The molecular formula is C30H28O2. The Labute approximate surface area is 191 Å². The van der Waals surface area contributed by atoms with Crippen molar-refractivity contribution in [1.29, 1.82) is 0 Å². The third kappa shape index (κ3) is 9.86. The smallest absolute Gasteiger partial charge is 0.0238 e. The second-order valence-corrected chi connectivity index (χ2v) is 7.33. The summed E-state index contributed by atoms with van der Waals surface area (Å²) in [4.78, 5) is 11.8. The molecule has 0 bridgehead atoms. The molecule has 0 fully saturated rings. The van der Waals surface area contributed by atoms with Gasteiger partial charge in [-0.3, -0.25) is 4.79 Å². The van der Waals surface area contributed by atoms with Crippen LogP contribution in [0.25, 0.3) is 0 Å². The van der Waals surface area contributed by atoms with E-state index < -0.39 is 0 Å². The first kappa shape index (κ1) is 24.6. The number of benzene rings is 4. The van der Waals surface area contributed by atoms with E-state index in [1.807, 2.05) is 60.7 Å². The summed E-state index contributed by atoms with van der Waals surface area (Å²) in [7, 11) is 0. The fourth-order valence-corrected chi connectivity index (χ4v) is 3.29. The molecule has 160 valence electrons. The topological polar surface area (TPSA) is 37.0 Å². The zero-order valence-electron chi connectivity index (χ0n) is 18.2. The maximum absolute atomic E-state index is 11.8. The number of carbonyl (C=O) groups excluding carboxylic acids is 1. The zero-order chi connectivity index (χ0) is 22.9. The molecule has 0 aliphatic heterocycles. The second-order valence-electron chi connectivity index (χ2n) is 7.33. The van der Waals surface area contributed by atoms with E-state index in [4.69, 9.17) is 4.65 Å². The van der Waals surface area contributed by atoms with Crippen molar-refractivity contribution in [1.82, 2.24) is 0 Å². The van der Waals surface area contributed by atoms with E-state index in [1.165, 1.54) is 11.1 Å². The molecule has 0 atom stereocenters. The summed E-state index contributed by atoms with van der Waals surface area (Å²) in [5.41, 5.74) is 5.00. The van der Waals surface area contributed by atoms with Crippen molar-refractivity contribution in [3.05, 3.63) is 150 Å². The first-order valence-electron chi connectivity index (χ1n) is 10.7. The fraction of sp³-hybridized carbons (Fsp3) is 0.133. The molecule has 0 radical (unpaired) electrons. The number of aryl methyl sites for hydroxylation is 2. The van der Waals surface area contributed by atoms with Crippen molar-refractivity contribution in [2.45, 2.75) is 25.7 Å². The van der Waals surface area contributed by atoms with Crippen LogP contribution >= 0.6 is 0 Å². The van der Waals surface area contributed by atoms with Gasteiger partial charge in [-0.2, -0.15) is 0 Å². The largest absolute Gasteiger partial charge is 0.0622 e. The van der Waals surface area contributed by atoms with Gasteiger partial charge in [0.05, 0.1) is 0 Å². The Bertz CT molecular complexity index is 941. The van der Waals surface area contributed by atoms with Crippen LogP contribution in [-0.4, -0.2) is 5.78 Å². The number of carbonyl (C=O) groups is 1. The molecule has 0 amide bonds. The molecule has 0 spiro atoms. The van der Waals surface area contributed by atoms with Crippen LogP contribution in [0.15, 0.2) is 121 Å². The minimum absolute atomic E-state index is 0.261. The number of hydrogen-bond acceptors (Lipinski definition) is 1. The summed E-state index contributed by atoms with van der Waals surface area (Å²) < 4.78 is 7.50. The van der Waals surface area contributed by atoms with Crippen molar-refractivity contribution in [2.24, 2.45) is 0 Å². The van der Waals surface area contributed by atoms with Crippen LogP contribution < -0.4 is 0 Å². The molecule has 4 aromatic rings. The minimum Gasteiger partial charge on any atom is -0.0622 e. The Morgan fingerprint density at radius 2 is 0.719 bits per heavy atom. The summed E-state index contributed by atoms with van der Waals surface area (Å²) in [5.74, 6) is 0.261. The molecule has 4 rings (SSSR count). The predicted molar refractivity (Wildman–Crippen MR) is 130 cm³/mol. The van der Waals surface area contributed by atoms with Crippen molar-refractivity contribution < 1.29 is 9.45 Å². The SMILES string of the molecule is O=C(Cc1ccccc1)Cc1ccccc1.[C-]#[O+].c1ccc(CCc2ccccc2)cc1. The third-order valence-electron chi connectivity index (χ3n) is 4.88. The van der Waals surface area contributed by atoms with Gasteiger partial charge in [-0.15, -0.1) is 0 Å². The zero-order valence-corrected chi connectivity index (χ0v) is 18.2. The molecule has 32 heavy (non-hydrogen) atoms. The molecule has 0 heterocycles. The van der Waals surface area contributed by atoms with Gasteiger partial charge in [0.15, 0.2) is 0 Å². The fourth-order valence-electron chi connectivity index (χ4n) is 3.29. The number of ketones is 1. The maximum Gasteiger partial charge on any atom is -0.0238 e. The van der Waals surface area contributed by atoms with E-state index in [-0.39, 0.29) is 5.78 Å². The second kappa shape index (κ2) is 15.1. The quantitative estimate of drug-likeness (QED) is 0.249. The summed E-state index contributed by atoms with van der Waals surface area (Å²) in [6, 6.07) is 41.0. The van der Waals surface area contributed by atoms with Gasteiger partial charge in [0.25, 0.3) is 0 Å². The molecule has 4 aromatic carbocycles. The molecule has 2 nitrogen and oxygen atoms in total. The van der Waals surface area contributed by atoms with Gasteiger partial charge in [0, 0.05) is 12.8 Å². The van der Waals surface area contributed by atoms with Gasteiger partial charge in [0.2, 0.25) is 0 Å². The van der Waals surface area contributed by atoms with Gasteiger partial charge >= 0.3 is 11.3 Å². The van der Waals surface area contributed by atoms with Crippen LogP contribution in [0.4, 0.5) is 0 Å². The minimum atomic E-state index is 0.261. The molecule has 0 aliphatic rings. The van der Waals surface area contributed by atoms with Gasteiger partial charge in [-0.25, -0.2) is 0 Å². The van der Waals surface area contributed by atoms with E-state index in [9.17, 15) is 4.79 Å². The third-order valence-corrected chi connectivity index (χ3v) is 4.88. The first-order valence-corrected chi connectivity index (χ1v) is 10.7. The van der Waals surface area contributed by atoms with Gasteiger partial charge < -0.3 is 0 Å². The van der Waals surface area contributed by atoms with Crippen LogP contribution in [0.2, 0.25) is 0 Å². The Balaban J connectivity index is 0.000000212. The normalized spacial score (nSPS) is 9.44. The van der Waals surface area contributed by atoms with Gasteiger partial charge in [0.1, 0.15) is 5.78 Å². The summed E-state index contributed by atoms with van der Waals surface area (Å²) in [6.07, 6.45) is 3.31. The maximum atomic E-state index is 11.8. The first-order chi connectivity index (χ1) is 15.8. The van der Waals surface area contributed by atoms with Crippen molar-refractivity contribution in [3.8, 4) is 0 Å². The molecule has 0 aromatic heterocycles. The Morgan fingerprint density at radius 1 is 0.469 bits per heavy atom. The van der Waals surface area contributed by atoms with Gasteiger partial charge in [-0.1, -0.05) is 121 Å². The van der Waals surface area contributed by atoms with E-state index >= 15 is 0 Å². The molecule has 0 unspecified atom stereocenters. The van der Waals surface area contributed by atoms with Crippen LogP contribution in [0.3, 0.4) is 0 Å². The number of hydrogen-bond donors (Lipinski definition) is 0. The Morgan fingerprint density at radius 3 is 1.00 bits per heavy atom. The predicted octanol–water partition coefficient (Wildman–Crippen LogP) is 6.48. The van der Waals surface area contributed by atoms with Gasteiger partial charge in [-0.05, 0) is 35.1 Å². The molecule has 0 saturated heterocycles. The average molecular weight is 421 g/mol. The Hall–Kier alpha value is -3.71. The van der Waals surface area contributed by atoms with E-state index in [2.05, 4.69) is 67.3 Å². The molecule has 0 aliphatic carbocycles. The summed E-state index contributed by atoms with van der Waals surface area (Å²) >= 11 is 0. The van der Waals surface area contributed by atoms with Crippen LogP contribution in [0.5, 0.6) is 0 Å². The molecule has 0 N–H and O–H groups in total. The number of Topliss-reactive ketones (excluding diaryl/α,β-unsaturated/α-hetero) is 1. The average Bonchev–Trinajstić information content (AvgIpc) is 2.87. The van der Waals surface area contributed by atoms with E-state index in [1.54, 1.807) is 0 Å². The Kier molecular flexibility index (Phi) is 11.6. The van der Waals surface area contributed by atoms with Crippen LogP contribution in [0, 0.1) is 6.65 Å². The van der Waals surface area contributed by atoms with Crippen molar-refractivity contribution in [3.63, 3.8) is 0 Å². The van der Waals surface area contributed by atoms with E-state index in [0.717, 1.165) is 24.0 Å². The molecule has 0 saturated carbocycles. The molecular weight excluding hydrogens is 392 g/mol. The van der Waals surface area contributed by atoms with Crippen molar-refractivity contribution in [2.75, 3.05) is 0 Å². The standard InChI is InChI=1S/C15H14O.C14H14.CO/c16-15(11-13-7-3-1-4-8-13)12-14-9-5-2-6-10-14;1-3-7-13(8-4-1)11-12-14-9-5-2-6-10-14;1-2/h1-10H,11-12H2;1-10H,11-12H2;. The van der Waals surface area contributed by atoms with Crippen molar-refractivity contribution >= 4 is 5.78 Å². The van der Waals surface area contributed by atoms with Crippen LogP contribution in [0.1, 0.15) is 22.3 Å². The summed E-state index contributed by atoms with van der Waals surface area (Å²) in [6.45, 7) is 4.50. The summed E-state index contributed by atoms with van der Waals surface area (Å²) in [5, 5.41) is 0.